The molecule has 63 heavy (non-hydrogen) atoms. The zero-order chi connectivity index (χ0) is 44.4. The predicted molar refractivity (Wildman–Crippen MR) is 275 cm³/mol. The number of ether oxygens (including phenoxy) is 1. The molecule has 0 N–H and O–H groups in total. The second-order valence-corrected chi connectivity index (χ2v) is 23.0. The number of thiophene rings is 1. The summed E-state index contributed by atoms with van der Waals surface area (Å²) >= 11 is 1.90. The number of anilines is 6. The Morgan fingerprint density at radius 1 is 0.492 bits per heavy atom. The second kappa shape index (κ2) is 14.4. The first-order valence-corrected chi connectivity index (χ1v) is 23.4. The van der Waals surface area contributed by atoms with E-state index in [1.807, 2.05) is 11.3 Å². The van der Waals surface area contributed by atoms with Crippen molar-refractivity contribution in [2.45, 2.75) is 105 Å². The summed E-state index contributed by atoms with van der Waals surface area (Å²) in [6.45, 7) is 27.5. The van der Waals surface area contributed by atoms with Crippen molar-refractivity contribution in [2.24, 2.45) is 0 Å². The summed E-state index contributed by atoms with van der Waals surface area (Å²) in [5.74, 6) is 1.84. The van der Waals surface area contributed by atoms with Gasteiger partial charge in [-0.05, 0) is 121 Å². The fourth-order valence-electron chi connectivity index (χ4n) is 9.68. The lowest BCUT2D eigenvalue weighted by atomic mass is 9.34. The van der Waals surface area contributed by atoms with Crippen LogP contribution in [0, 0.1) is 0 Å². The SMILES string of the molecule is CC(C)(C)c1ccc(N2c3cccc4c3B(c3cc(C(C)(C)C)ccc3O4)c3cc4c(sc5ccccc54)c(N(c4ccc(C(C)(C)C)cc4)c4ccc(C(C)(C)C)cc4)c32)cc1. The molecule has 5 heteroatoms. The monoisotopic (exact) mass is 842 g/mol. The van der Waals surface area contributed by atoms with Crippen LogP contribution in [-0.4, -0.2) is 6.71 Å². The summed E-state index contributed by atoms with van der Waals surface area (Å²) in [6, 6.07) is 53.1. The van der Waals surface area contributed by atoms with Crippen molar-refractivity contribution in [1.82, 2.24) is 0 Å². The molecule has 0 amide bonds. The molecule has 7 aromatic carbocycles. The van der Waals surface area contributed by atoms with Gasteiger partial charge in [-0.2, -0.15) is 0 Å². The Labute approximate surface area is 379 Å². The van der Waals surface area contributed by atoms with Gasteiger partial charge in [0.25, 0.3) is 6.71 Å². The molecule has 0 atom stereocenters. The number of nitrogens with zero attached hydrogens (tertiary/aromatic N) is 2. The van der Waals surface area contributed by atoms with Gasteiger partial charge in [0, 0.05) is 38.2 Å². The summed E-state index contributed by atoms with van der Waals surface area (Å²) in [4.78, 5) is 5.12. The van der Waals surface area contributed by atoms with Gasteiger partial charge in [0.1, 0.15) is 11.5 Å². The van der Waals surface area contributed by atoms with Crippen LogP contribution in [0.15, 0.2) is 140 Å². The highest BCUT2D eigenvalue weighted by Gasteiger charge is 2.45. The average Bonchev–Trinajstić information content (AvgIpc) is 3.61. The average molecular weight is 843 g/mol. The normalized spacial score (nSPS) is 13.8. The number of hydrogen-bond acceptors (Lipinski definition) is 4. The third-order valence-corrected chi connectivity index (χ3v) is 14.6. The molecule has 10 rings (SSSR count). The van der Waals surface area contributed by atoms with E-state index in [9.17, 15) is 0 Å². The molecule has 2 aliphatic rings. The van der Waals surface area contributed by atoms with Crippen LogP contribution in [-0.2, 0) is 21.7 Å². The maximum Gasteiger partial charge on any atom is 0.256 e. The lowest BCUT2D eigenvalue weighted by Crippen LogP contribution is -2.59. The Morgan fingerprint density at radius 3 is 1.60 bits per heavy atom. The molecule has 3 nitrogen and oxygen atoms in total. The van der Waals surface area contributed by atoms with E-state index in [0.29, 0.717) is 0 Å². The van der Waals surface area contributed by atoms with E-state index < -0.39 is 0 Å². The van der Waals surface area contributed by atoms with Crippen LogP contribution < -0.4 is 30.9 Å². The largest absolute Gasteiger partial charge is 0.458 e. The van der Waals surface area contributed by atoms with Gasteiger partial charge < -0.3 is 14.5 Å². The maximum atomic E-state index is 6.96. The quantitative estimate of drug-likeness (QED) is 0.164. The molecule has 0 radical (unpaired) electrons. The van der Waals surface area contributed by atoms with Gasteiger partial charge in [-0.15, -0.1) is 11.3 Å². The standard InChI is InChI=1S/C58H59BN2OS/c1-55(2,3)36-20-27-40(28-21-36)60(41-29-22-37(23-30-41)56(4,5)6)53-52-46(35-44-43-16-13-14-19-50(43)63-54(44)53)59-45-34-39(58(10,11)12)26-33-48(45)62-49-18-15-17-47(51(49)59)61(52)42-31-24-38(25-32-42)57(7,8)9/h13-35H,1-12H3. The second-order valence-electron chi connectivity index (χ2n) is 21.9. The fraction of sp³-hybridized carbons (Fsp3) is 0.276. The van der Waals surface area contributed by atoms with Gasteiger partial charge in [-0.3, -0.25) is 0 Å². The lowest BCUT2D eigenvalue weighted by Gasteiger charge is -2.43. The summed E-state index contributed by atoms with van der Waals surface area (Å²) < 4.78 is 9.50. The highest BCUT2D eigenvalue weighted by Crippen LogP contribution is 2.54. The smallest absolute Gasteiger partial charge is 0.256 e. The number of rotatable bonds is 4. The molecule has 3 heterocycles. The van der Waals surface area contributed by atoms with Gasteiger partial charge in [-0.1, -0.05) is 162 Å². The topological polar surface area (TPSA) is 15.7 Å². The van der Waals surface area contributed by atoms with Crippen LogP contribution in [0.25, 0.3) is 20.2 Å². The van der Waals surface area contributed by atoms with E-state index in [4.69, 9.17) is 4.74 Å². The minimum absolute atomic E-state index is 0.0152. The summed E-state index contributed by atoms with van der Waals surface area (Å²) in [5.41, 5.74) is 15.9. The van der Waals surface area contributed by atoms with E-state index in [1.54, 1.807) is 0 Å². The molecule has 0 fully saturated rings. The lowest BCUT2D eigenvalue weighted by molar-refractivity contribution is 0.486. The van der Waals surface area contributed by atoms with E-state index in [2.05, 4.69) is 232 Å². The zero-order valence-electron chi connectivity index (χ0n) is 39.1. The third-order valence-electron chi connectivity index (χ3n) is 13.4. The highest BCUT2D eigenvalue weighted by atomic mass is 32.1. The van der Waals surface area contributed by atoms with Crippen molar-refractivity contribution in [2.75, 3.05) is 9.80 Å². The third kappa shape index (κ3) is 6.95. The van der Waals surface area contributed by atoms with Crippen molar-refractivity contribution in [3.8, 4) is 11.5 Å². The Balaban J connectivity index is 1.38. The fourth-order valence-corrected chi connectivity index (χ4v) is 10.9. The van der Waals surface area contributed by atoms with E-state index in [0.717, 1.165) is 34.2 Å². The van der Waals surface area contributed by atoms with Crippen molar-refractivity contribution in [1.29, 1.82) is 0 Å². The van der Waals surface area contributed by atoms with Crippen molar-refractivity contribution in [3.05, 3.63) is 162 Å². The van der Waals surface area contributed by atoms with E-state index in [1.165, 1.54) is 70.2 Å². The molecular formula is C58H59BN2OS. The van der Waals surface area contributed by atoms with E-state index in [-0.39, 0.29) is 28.4 Å². The molecule has 0 unspecified atom stereocenters. The van der Waals surface area contributed by atoms with Crippen LogP contribution in [0.5, 0.6) is 11.5 Å². The molecule has 0 saturated carbocycles. The molecule has 1 aromatic heterocycles. The number of benzene rings is 7. The van der Waals surface area contributed by atoms with Crippen molar-refractivity contribution in [3.63, 3.8) is 0 Å². The van der Waals surface area contributed by atoms with Crippen LogP contribution in [0.2, 0.25) is 0 Å². The molecule has 2 aliphatic heterocycles. The van der Waals surface area contributed by atoms with Gasteiger partial charge in [0.15, 0.2) is 0 Å². The number of fused-ring (bicyclic) bond motifs is 7. The Hall–Kier alpha value is -5.78. The molecule has 0 aliphatic carbocycles. The molecular weight excluding hydrogens is 784 g/mol. The highest BCUT2D eigenvalue weighted by molar-refractivity contribution is 7.26. The van der Waals surface area contributed by atoms with Gasteiger partial charge in [-0.25, -0.2) is 0 Å². The van der Waals surface area contributed by atoms with Crippen LogP contribution in [0.3, 0.4) is 0 Å². The minimum Gasteiger partial charge on any atom is -0.458 e. The Kier molecular flexibility index (Phi) is 9.41. The predicted octanol–water partition coefficient (Wildman–Crippen LogP) is 15.1. The van der Waals surface area contributed by atoms with Crippen molar-refractivity contribution >= 4 is 88.7 Å². The summed E-state index contributed by atoms with van der Waals surface area (Å²) in [6.07, 6.45) is 0. The molecule has 0 saturated heterocycles. The molecule has 0 bridgehead atoms. The Bertz CT molecular complexity index is 3000. The first-order valence-electron chi connectivity index (χ1n) is 22.6. The molecule has 0 spiro atoms. The minimum atomic E-state index is -0.0717. The van der Waals surface area contributed by atoms with Gasteiger partial charge >= 0.3 is 0 Å². The van der Waals surface area contributed by atoms with Gasteiger partial charge in [0.2, 0.25) is 0 Å². The zero-order valence-corrected chi connectivity index (χ0v) is 39.9. The first kappa shape index (κ1) is 41.2. The number of hydrogen-bond donors (Lipinski definition) is 0. The van der Waals surface area contributed by atoms with Gasteiger partial charge in [0.05, 0.1) is 16.1 Å². The maximum absolute atomic E-state index is 6.96. The summed E-state index contributed by atoms with van der Waals surface area (Å²) in [7, 11) is 0. The van der Waals surface area contributed by atoms with Crippen LogP contribution in [0.1, 0.15) is 105 Å². The van der Waals surface area contributed by atoms with E-state index >= 15 is 0 Å². The molecule has 8 aromatic rings. The summed E-state index contributed by atoms with van der Waals surface area (Å²) in [5, 5.41) is 2.56. The molecule has 316 valence electrons. The first-order chi connectivity index (χ1) is 29.8. The van der Waals surface area contributed by atoms with Crippen LogP contribution >= 0.6 is 11.3 Å². The van der Waals surface area contributed by atoms with Crippen LogP contribution in [0.4, 0.5) is 34.1 Å². The Morgan fingerprint density at radius 2 is 1.03 bits per heavy atom. The van der Waals surface area contributed by atoms with Crippen molar-refractivity contribution < 1.29 is 4.74 Å².